The molecule has 0 unspecified atom stereocenters. The number of nitrogens with zero attached hydrogens (tertiary/aromatic N) is 4. The van der Waals surface area contributed by atoms with Crippen LogP contribution in [0, 0.1) is 13.8 Å². The molecule has 0 aliphatic carbocycles. The van der Waals surface area contributed by atoms with Gasteiger partial charge in [0.15, 0.2) is 0 Å². The highest BCUT2D eigenvalue weighted by atomic mass is 16.1. The first-order valence-electron chi connectivity index (χ1n) is 8.21. The van der Waals surface area contributed by atoms with E-state index in [-0.39, 0.29) is 11.9 Å². The van der Waals surface area contributed by atoms with Crippen molar-refractivity contribution in [1.82, 2.24) is 25.1 Å². The highest BCUT2D eigenvalue weighted by Crippen LogP contribution is 2.22. The zero-order valence-electron chi connectivity index (χ0n) is 14.6. The van der Waals surface area contributed by atoms with E-state index >= 15 is 0 Å². The minimum Gasteiger partial charge on any atom is -0.348 e. The van der Waals surface area contributed by atoms with Crippen LogP contribution in [0.25, 0.3) is 11.1 Å². The van der Waals surface area contributed by atoms with Gasteiger partial charge in [0.05, 0.1) is 12.2 Å². The monoisotopic (exact) mass is 335 g/mol. The molecule has 3 rings (SSSR count). The Hall–Kier alpha value is -3.02. The topological polar surface area (TPSA) is 72.7 Å². The van der Waals surface area contributed by atoms with Crippen molar-refractivity contribution in [3.8, 4) is 11.1 Å². The van der Waals surface area contributed by atoms with Gasteiger partial charge in [-0.2, -0.15) is 5.10 Å². The molecule has 1 N–H and O–H groups in total. The van der Waals surface area contributed by atoms with Crippen molar-refractivity contribution in [2.45, 2.75) is 33.4 Å². The zero-order chi connectivity index (χ0) is 17.8. The molecule has 6 nitrogen and oxygen atoms in total. The third kappa shape index (κ3) is 3.91. The fourth-order valence-electron chi connectivity index (χ4n) is 2.84. The highest BCUT2D eigenvalue weighted by molar-refractivity contribution is 6.00. The van der Waals surface area contributed by atoms with Gasteiger partial charge in [0.1, 0.15) is 6.33 Å². The summed E-state index contributed by atoms with van der Waals surface area (Å²) in [5.41, 5.74) is 4.31. The van der Waals surface area contributed by atoms with E-state index in [1.54, 1.807) is 12.4 Å². The molecule has 0 fully saturated rings. The molecule has 25 heavy (non-hydrogen) atoms. The van der Waals surface area contributed by atoms with Crippen molar-refractivity contribution in [3.05, 3.63) is 66.0 Å². The summed E-state index contributed by atoms with van der Waals surface area (Å²) in [5, 5.41) is 7.49. The molecule has 0 aliphatic rings. The number of hydrogen-bond acceptors (Lipinski definition) is 4. The lowest BCUT2D eigenvalue weighted by Crippen LogP contribution is -2.36. The molecule has 1 atom stereocenters. The molecule has 0 spiro atoms. The average Bonchev–Trinajstić information content (AvgIpc) is 2.92. The molecular weight excluding hydrogens is 314 g/mol. The van der Waals surface area contributed by atoms with E-state index in [1.165, 1.54) is 6.33 Å². The summed E-state index contributed by atoms with van der Waals surface area (Å²) in [4.78, 5) is 20.8. The second-order valence-electron chi connectivity index (χ2n) is 6.16. The van der Waals surface area contributed by atoms with Crippen molar-refractivity contribution in [2.75, 3.05) is 0 Å². The van der Waals surface area contributed by atoms with E-state index in [0.29, 0.717) is 12.1 Å². The fraction of sp³-hybridized carbons (Fsp3) is 0.263. The second kappa shape index (κ2) is 7.25. The summed E-state index contributed by atoms with van der Waals surface area (Å²) in [6, 6.07) is 9.45. The average molecular weight is 335 g/mol. The van der Waals surface area contributed by atoms with Crippen molar-refractivity contribution in [1.29, 1.82) is 0 Å². The van der Waals surface area contributed by atoms with Crippen LogP contribution in [-0.2, 0) is 6.54 Å². The number of carbonyl (C=O) groups is 1. The van der Waals surface area contributed by atoms with E-state index in [1.807, 2.05) is 55.8 Å². The number of aryl methyl sites for hydroxylation is 2. The van der Waals surface area contributed by atoms with Gasteiger partial charge in [0.25, 0.3) is 5.91 Å². The first-order valence-corrected chi connectivity index (χ1v) is 8.21. The third-order valence-corrected chi connectivity index (χ3v) is 3.97. The first kappa shape index (κ1) is 16.8. The molecule has 1 amide bonds. The molecule has 2 aromatic heterocycles. The van der Waals surface area contributed by atoms with Gasteiger partial charge in [-0.1, -0.05) is 18.2 Å². The van der Waals surface area contributed by atoms with Crippen LogP contribution in [0.15, 0.2) is 49.1 Å². The number of nitrogens with one attached hydrogen (secondary N) is 1. The number of benzene rings is 1. The SMILES string of the molecule is Cc1cc(C)n(C[C@H](C)NC(=O)c2ccccc2-c2cncnc2)n1. The van der Waals surface area contributed by atoms with Crippen molar-refractivity contribution in [3.63, 3.8) is 0 Å². The number of amides is 1. The first-order chi connectivity index (χ1) is 12.0. The molecule has 2 heterocycles. The van der Waals surface area contributed by atoms with Gasteiger partial charge in [0.2, 0.25) is 0 Å². The molecule has 0 radical (unpaired) electrons. The number of rotatable bonds is 5. The fourth-order valence-corrected chi connectivity index (χ4v) is 2.84. The Kier molecular flexibility index (Phi) is 4.88. The lowest BCUT2D eigenvalue weighted by molar-refractivity contribution is 0.0936. The van der Waals surface area contributed by atoms with Gasteiger partial charge in [-0.25, -0.2) is 9.97 Å². The maximum atomic E-state index is 12.7. The molecule has 0 bridgehead atoms. The highest BCUT2D eigenvalue weighted by Gasteiger charge is 2.16. The summed E-state index contributed by atoms with van der Waals surface area (Å²) >= 11 is 0. The van der Waals surface area contributed by atoms with Crippen LogP contribution in [0.4, 0.5) is 0 Å². The maximum absolute atomic E-state index is 12.7. The minimum absolute atomic E-state index is 0.0504. The van der Waals surface area contributed by atoms with E-state index in [0.717, 1.165) is 22.5 Å². The van der Waals surface area contributed by atoms with Gasteiger partial charge >= 0.3 is 0 Å². The van der Waals surface area contributed by atoms with Gasteiger partial charge in [-0.3, -0.25) is 9.48 Å². The molecule has 3 aromatic rings. The summed E-state index contributed by atoms with van der Waals surface area (Å²) in [6.07, 6.45) is 4.89. The zero-order valence-corrected chi connectivity index (χ0v) is 14.6. The summed E-state index contributed by atoms with van der Waals surface area (Å²) in [5.74, 6) is -0.117. The van der Waals surface area contributed by atoms with E-state index in [4.69, 9.17) is 0 Å². The van der Waals surface area contributed by atoms with Crippen LogP contribution in [-0.4, -0.2) is 31.7 Å². The summed E-state index contributed by atoms with van der Waals surface area (Å²) < 4.78 is 1.91. The smallest absolute Gasteiger partial charge is 0.252 e. The summed E-state index contributed by atoms with van der Waals surface area (Å²) in [7, 11) is 0. The number of aromatic nitrogens is 4. The Balaban J connectivity index is 1.76. The Morgan fingerprint density at radius 2 is 1.92 bits per heavy atom. The molecule has 0 saturated heterocycles. The summed E-state index contributed by atoms with van der Waals surface area (Å²) in [6.45, 7) is 6.58. The van der Waals surface area contributed by atoms with E-state index < -0.39 is 0 Å². The number of hydrogen-bond donors (Lipinski definition) is 1. The Labute approximate surface area is 146 Å². The standard InChI is InChI=1S/C19H21N5O/c1-13-8-15(3)24(23-13)11-14(2)22-19(25)18-7-5-4-6-17(18)16-9-20-12-21-10-16/h4-10,12,14H,11H2,1-3H3,(H,22,25)/t14-/m0/s1. The lowest BCUT2D eigenvalue weighted by Gasteiger charge is -2.16. The lowest BCUT2D eigenvalue weighted by atomic mass is 10.0. The quantitative estimate of drug-likeness (QED) is 0.778. The van der Waals surface area contributed by atoms with Crippen LogP contribution in [0.3, 0.4) is 0 Å². The van der Waals surface area contributed by atoms with Gasteiger partial charge < -0.3 is 5.32 Å². The molecule has 128 valence electrons. The van der Waals surface area contributed by atoms with Crippen LogP contribution in [0.2, 0.25) is 0 Å². The molecule has 0 aliphatic heterocycles. The minimum atomic E-state index is -0.117. The van der Waals surface area contributed by atoms with Crippen LogP contribution >= 0.6 is 0 Å². The van der Waals surface area contributed by atoms with Gasteiger partial charge in [-0.15, -0.1) is 0 Å². The number of carbonyl (C=O) groups excluding carboxylic acids is 1. The van der Waals surface area contributed by atoms with Crippen LogP contribution in [0.1, 0.15) is 28.7 Å². The maximum Gasteiger partial charge on any atom is 0.252 e. The van der Waals surface area contributed by atoms with E-state index in [9.17, 15) is 4.79 Å². The molecular formula is C19H21N5O. The Morgan fingerprint density at radius 3 is 2.60 bits per heavy atom. The van der Waals surface area contributed by atoms with Gasteiger partial charge in [-0.05, 0) is 38.5 Å². The molecule has 6 heteroatoms. The predicted octanol–water partition coefficient (Wildman–Crippen LogP) is 2.78. The predicted molar refractivity (Wildman–Crippen MR) is 96.1 cm³/mol. The largest absolute Gasteiger partial charge is 0.348 e. The Bertz CT molecular complexity index is 873. The molecule has 0 saturated carbocycles. The van der Waals surface area contributed by atoms with Crippen LogP contribution < -0.4 is 5.32 Å². The van der Waals surface area contributed by atoms with Crippen molar-refractivity contribution < 1.29 is 4.79 Å². The van der Waals surface area contributed by atoms with E-state index in [2.05, 4.69) is 20.4 Å². The van der Waals surface area contributed by atoms with Gasteiger partial charge in [0, 0.05) is 35.3 Å². The van der Waals surface area contributed by atoms with Crippen molar-refractivity contribution >= 4 is 5.91 Å². The molecule has 1 aromatic carbocycles. The normalized spacial score (nSPS) is 12.0. The van der Waals surface area contributed by atoms with Crippen molar-refractivity contribution in [2.24, 2.45) is 0 Å². The Morgan fingerprint density at radius 1 is 1.20 bits per heavy atom. The third-order valence-electron chi connectivity index (χ3n) is 3.97. The second-order valence-corrected chi connectivity index (χ2v) is 6.16. The van der Waals surface area contributed by atoms with Crippen LogP contribution in [0.5, 0.6) is 0 Å².